The van der Waals surface area contributed by atoms with Crippen LogP contribution < -0.4 is 5.32 Å². The molecule has 7 heteroatoms. The fourth-order valence-corrected chi connectivity index (χ4v) is 1.13. The van der Waals surface area contributed by atoms with E-state index in [4.69, 9.17) is 22.0 Å². The maximum absolute atomic E-state index is 11.5. The predicted octanol–water partition coefficient (Wildman–Crippen LogP) is 0.624. The third-order valence-corrected chi connectivity index (χ3v) is 2.11. The number of rotatable bonds is 6. The SMILES string of the molecule is CC(C(=O)O)N(CCC#N)C(=O)NCCCl. The second-order valence-electron chi connectivity index (χ2n) is 3.04. The van der Waals surface area contributed by atoms with Crippen molar-refractivity contribution in [2.24, 2.45) is 0 Å². The number of hydrogen-bond donors (Lipinski definition) is 2. The van der Waals surface area contributed by atoms with E-state index in [0.717, 1.165) is 4.90 Å². The summed E-state index contributed by atoms with van der Waals surface area (Å²) in [4.78, 5) is 23.4. The smallest absolute Gasteiger partial charge is 0.326 e. The fraction of sp³-hybridized carbons (Fsp3) is 0.667. The fourth-order valence-electron chi connectivity index (χ4n) is 1.03. The van der Waals surface area contributed by atoms with Crippen molar-refractivity contribution < 1.29 is 14.7 Å². The highest BCUT2D eigenvalue weighted by atomic mass is 35.5. The number of nitriles is 1. The first kappa shape index (κ1) is 14.5. The van der Waals surface area contributed by atoms with E-state index in [1.807, 2.05) is 6.07 Å². The zero-order valence-corrected chi connectivity index (χ0v) is 9.70. The van der Waals surface area contributed by atoms with Gasteiger partial charge in [-0.25, -0.2) is 9.59 Å². The van der Waals surface area contributed by atoms with Crippen molar-refractivity contribution in [2.45, 2.75) is 19.4 Å². The van der Waals surface area contributed by atoms with Crippen LogP contribution in [0.1, 0.15) is 13.3 Å². The Morgan fingerprint density at radius 2 is 2.25 bits per heavy atom. The molecule has 0 saturated heterocycles. The van der Waals surface area contributed by atoms with Gasteiger partial charge in [-0.3, -0.25) is 0 Å². The van der Waals surface area contributed by atoms with Crippen LogP contribution in [0.15, 0.2) is 0 Å². The summed E-state index contributed by atoms with van der Waals surface area (Å²) in [6.07, 6.45) is 0.0892. The summed E-state index contributed by atoms with van der Waals surface area (Å²) in [5.74, 6) is -0.863. The Hall–Kier alpha value is -1.48. The van der Waals surface area contributed by atoms with Crippen LogP contribution in [0, 0.1) is 11.3 Å². The summed E-state index contributed by atoms with van der Waals surface area (Å²) in [6, 6.07) is 0.371. The van der Waals surface area contributed by atoms with Gasteiger partial charge in [-0.05, 0) is 6.92 Å². The van der Waals surface area contributed by atoms with E-state index in [2.05, 4.69) is 5.32 Å². The molecule has 90 valence electrons. The minimum atomic E-state index is -1.11. The summed E-state index contributed by atoms with van der Waals surface area (Å²) in [5.41, 5.74) is 0. The van der Waals surface area contributed by atoms with E-state index in [1.165, 1.54) is 6.92 Å². The van der Waals surface area contributed by atoms with Crippen LogP contribution in [0.4, 0.5) is 4.79 Å². The lowest BCUT2D eigenvalue weighted by atomic mass is 10.3. The standard InChI is InChI=1S/C9H14ClN3O3/c1-7(8(14)15)13(6-2-4-11)9(16)12-5-3-10/h7H,2-3,5-6H2,1H3,(H,12,16)(H,14,15). The topological polar surface area (TPSA) is 93.4 Å². The summed E-state index contributed by atoms with van der Waals surface area (Å²) in [7, 11) is 0. The molecule has 16 heavy (non-hydrogen) atoms. The second-order valence-corrected chi connectivity index (χ2v) is 3.41. The molecular formula is C9H14ClN3O3. The third kappa shape index (κ3) is 4.84. The van der Waals surface area contributed by atoms with Crippen LogP contribution in [-0.4, -0.2) is 47.0 Å². The van der Waals surface area contributed by atoms with Crippen molar-refractivity contribution >= 4 is 23.6 Å². The molecule has 0 spiro atoms. The van der Waals surface area contributed by atoms with Crippen LogP contribution in [0.5, 0.6) is 0 Å². The molecule has 0 fully saturated rings. The molecular weight excluding hydrogens is 234 g/mol. The van der Waals surface area contributed by atoms with Crippen LogP contribution in [0.2, 0.25) is 0 Å². The molecule has 2 amide bonds. The molecule has 0 aliphatic heterocycles. The number of alkyl halides is 1. The van der Waals surface area contributed by atoms with E-state index in [0.29, 0.717) is 0 Å². The molecule has 6 nitrogen and oxygen atoms in total. The maximum atomic E-state index is 11.5. The number of carboxylic acid groups (broad SMARTS) is 1. The molecule has 0 bridgehead atoms. The highest BCUT2D eigenvalue weighted by Gasteiger charge is 2.24. The van der Waals surface area contributed by atoms with Gasteiger partial charge in [0, 0.05) is 19.0 Å². The summed E-state index contributed by atoms with van der Waals surface area (Å²) in [6.45, 7) is 1.73. The van der Waals surface area contributed by atoms with E-state index in [-0.39, 0.29) is 25.4 Å². The van der Waals surface area contributed by atoms with Crippen LogP contribution in [0.3, 0.4) is 0 Å². The van der Waals surface area contributed by atoms with E-state index >= 15 is 0 Å². The van der Waals surface area contributed by atoms with Crippen molar-refractivity contribution in [3.05, 3.63) is 0 Å². The number of hydrogen-bond acceptors (Lipinski definition) is 3. The molecule has 0 radical (unpaired) electrons. The lowest BCUT2D eigenvalue weighted by Gasteiger charge is -2.25. The number of halogens is 1. The van der Waals surface area contributed by atoms with E-state index in [1.54, 1.807) is 0 Å². The molecule has 0 heterocycles. The summed E-state index contributed by atoms with van der Waals surface area (Å²) < 4.78 is 0. The van der Waals surface area contributed by atoms with E-state index < -0.39 is 18.0 Å². The largest absolute Gasteiger partial charge is 0.480 e. The number of urea groups is 1. The average Bonchev–Trinajstić information content (AvgIpc) is 2.26. The minimum absolute atomic E-state index is 0.0814. The number of nitrogens with zero attached hydrogens (tertiary/aromatic N) is 2. The Bertz CT molecular complexity index is 290. The van der Waals surface area contributed by atoms with Gasteiger partial charge in [0.2, 0.25) is 0 Å². The van der Waals surface area contributed by atoms with Crippen LogP contribution in [0.25, 0.3) is 0 Å². The van der Waals surface area contributed by atoms with Crippen molar-refractivity contribution in [3.63, 3.8) is 0 Å². The van der Waals surface area contributed by atoms with Gasteiger partial charge in [0.25, 0.3) is 0 Å². The van der Waals surface area contributed by atoms with Gasteiger partial charge in [0.1, 0.15) is 6.04 Å². The Kier molecular flexibility index (Phi) is 7.05. The molecule has 1 atom stereocenters. The van der Waals surface area contributed by atoms with Gasteiger partial charge in [0.05, 0.1) is 12.5 Å². The van der Waals surface area contributed by atoms with Gasteiger partial charge in [-0.2, -0.15) is 5.26 Å². The second kappa shape index (κ2) is 7.77. The molecule has 0 aliphatic rings. The Labute approximate surface area is 98.8 Å². The van der Waals surface area contributed by atoms with Gasteiger partial charge in [-0.1, -0.05) is 0 Å². The predicted molar refractivity (Wildman–Crippen MR) is 58.2 cm³/mol. The first-order valence-electron chi connectivity index (χ1n) is 4.74. The van der Waals surface area contributed by atoms with E-state index in [9.17, 15) is 9.59 Å². The van der Waals surface area contributed by atoms with Crippen molar-refractivity contribution in [2.75, 3.05) is 19.0 Å². The first-order chi connectivity index (χ1) is 7.54. The van der Waals surface area contributed by atoms with Crippen molar-refractivity contribution in [3.8, 4) is 6.07 Å². The Balaban J connectivity index is 4.47. The number of carbonyl (C=O) groups is 2. The molecule has 0 aliphatic carbocycles. The minimum Gasteiger partial charge on any atom is -0.480 e. The zero-order valence-electron chi connectivity index (χ0n) is 8.94. The van der Waals surface area contributed by atoms with Crippen molar-refractivity contribution in [1.82, 2.24) is 10.2 Å². The molecule has 0 aromatic rings. The third-order valence-electron chi connectivity index (χ3n) is 1.92. The molecule has 2 N–H and O–H groups in total. The zero-order chi connectivity index (χ0) is 12.6. The summed E-state index contributed by atoms with van der Waals surface area (Å²) in [5, 5.41) is 19.7. The number of carboxylic acids is 1. The normalized spacial score (nSPS) is 11.3. The molecule has 0 rings (SSSR count). The number of nitrogens with one attached hydrogen (secondary N) is 1. The molecule has 0 aromatic heterocycles. The summed E-state index contributed by atoms with van der Waals surface area (Å²) >= 11 is 5.39. The first-order valence-corrected chi connectivity index (χ1v) is 5.28. The van der Waals surface area contributed by atoms with Gasteiger partial charge in [0.15, 0.2) is 0 Å². The molecule has 0 aromatic carbocycles. The molecule has 0 saturated carbocycles. The maximum Gasteiger partial charge on any atom is 0.326 e. The van der Waals surface area contributed by atoms with Crippen molar-refractivity contribution in [1.29, 1.82) is 5.26 Å². The quantitative estimate of drug-likeness (QED) is 0.673. The lowest BCUT2D eigenvalue weighted by Crippen LogP contribution is -2.49. The highest BCUT2D eigenvalue weighted by Crippen LogP contribution is 2.01. The van der Waals surface area contributed by atoms with Crippen LogP contribution in [-0.2, 0) is 4.79 Å². The number of amides is 2. The number of carbonyl (C=O) groups excluding carboxylic acids is 1. The van der Waals surface area contributed by atoms with Gasteiger partial charge in [-0.15, -0.1) is 11.6 Å². The monoisotopic (exact) mass is 247 g/mol. The number of aliphatic carboxylic acids is 1. The lowest BCUT2D eigenvalue weighted by molar-refractivity contribution is -0.141. The highest BCUT2D eigenvalue weighted by molar-refractivity contribution is 6.18. The van der Waals surface area contributed by atoms with Crippen LogP contribution >= 0.6 is 11.6 Å². The average molecular weight is 248 g/mol. The molecule has 1 unspecified atom stereocenters. The Morgan fingerprint density at radius 1 is 1.62 bits per heavy atom. The van der Waals surface area contributed by atoms with Gasteiger partial charge < -0.3 is 15.3 Å². The van der Waals surface area contributed by atoms with Gasteiger partial charge >= 0.3 is 12.0 Å². The Morgan fingerprint density at radius 3 is 2.69 bits per heavy atom.